The minimum absolute atomic E-state index is 0.0487. The van der Waals surface area contributed by atoms with Gasteiger partial charge >= 0.3 is 19.8 Å². The molecule has 404 valence electrons. The van der Waals surface area contributed by atoms with Crippen LogP contribution in [0.2, 0.25) is 0 Å². The third kappa shape index (κ3) is 55.1. The van der Waals surface area contributed by atoms with Crippen LogP contribution in [0.15, 0.2) is 48.6 Å². The molecule has 2 atom stereocenters. The lowest BCUT2D eigenvalue weighted by molar-refractivity contribution is -0.161. The topological polar surface area (TPSA) is 134 Å². The van der Waals surface area contributed by atoms with Crippen LogP contribution in [-0.2, 0) is 32.7 Å². The highest BCUT2D eigenvalue weighted by Crippen LogP contribution is 2.43. The number of carbonyl (C=O) groups is 2. The van der Waals surface area contributed by atoms with Gasteiger partial charge in [-0.3, -0.25) is 18.6 Å². The van der Waals surface area contributed by atoms with Crippen molar-refractivity contribution in [3.8, 4) is 0 Å². The maximum Gasteiger partial charge on any atom is 0.472 e. The number of unbranched alkanes of at least 4 members (excludes halogenated alkanes) is 34. The van der Waals surface area contributed by atoms with Crippen molar-refractivity contribution in [1.82, 2.24) is 0 Å². The van der Waals surface area contributed by atoms with Crippen molar-refractivity contribution in [2.24, 2.45) is 5.73 Å². The molecule has 0 fully saturated rings. The zero-order valence-corrected chi connectivity index (χ0v) is 45.9. The molecule has 0 aliphatic heterocycles. The number of phosphoric ester groups is 1. The lowest BCUT2D eigenvalue weighted by Crippen LogP contribution is -2.29. The SMILES string of the molecule is CC/C=C\C/C=C\C/C=C\C/C=C\CCCCCCC(=O)OC(COC(=O)CCCCCCCCCCCCCCCCCCCCCCCCCCCCCCCCC)COP(=O)(O)OCCN. The first-order chi connectivity index (χ1) is 33.8. The van der Waals surface area contributed by atoms with Crippen LogP contribution in [0.4, 0.5) is 0 Å². The molecule has 0 spiro atoms. The van der Waals surface area contributed by atoms with Crippen molar-refractivity contribution in [3.05, 3.63) is 48.6 Å². The minimum atomic E-state index is -4.39. The first kappa shape index (κ1) is 67.0. The quantitative estimate of drug-likeness (QED) is 0.0264. The van der Waals surface area contributed by atoms with Crippen LogP contribution in [0.3, 0.4) is 0 Å². The van der Waals surface area contributed by atoms with E-state index in [1.165, 1.54) is 180 Å². The van der Waals surface area contributed by atoms with Gasteiger partial charge in [0.15, 0.2) is 6.10 Å². The van der Waals surface area contributed by atoms with Gasteiger partial charge in [0.25, 0.3) is 0 Å². The predicted octanol–water partition coefficient (Wildman–Crippen LogP) is 18.2. The van der Waals surface area contributed by atoms with Gasteiger partial charge in [-0.15, -0.1) is 0 Å². The Morgan fingerprint density at radius 1 is 0.449 bits per heavy atom. The van der Waals surface area contributed by atoms with E-state index in [0.717, 1.165) is 70.6 Å². The second-order valence-corrected chi connectivity index (χ2v) is 20.9. The van der Waals surface area contributed by atoms with Gasteiger partial charge in [-0.1, -0.05) is 268 Å². The van der Waals surface area contributed by atoms with Crippen LogP contribution >= 0.6 is 7.82 Å². The summed E-state index contributed by atoms with van der Waals surface area (Å²) in [6.45, 7) is 3.64. The first-order valence-electron chi connectivity index (χ1n) is 29.1. The van der Waals surface area contributed by atoms with Gasteiger partial charge in [-0.25, -0.2) is 4.57 Å². The number of rotatable bonds is 55. The van der Waals surface area contributed by atoms with Gasteiger partial charge < -0.3 is 20.1 Å². The molecule has 0 aromatic rings. The normalized spacial score (nSPS) is 13.4. The lowest BCUT2D eigenvalue weighted by atomic mass is 10.0. The molecule has 9 nitrogen and oxygen atoms in total. The summed E-state index contributed by atoms with van der Waals surface area (Å²) in [6.07, 6.45) is 67.6. The average molecular weight is 993 g/mol. The zero-order valence-electron chi connectivity index (χ0n) is 45.1. The fourth-order valence-electron chi connectivity index (χ4n) is 8.45. The van der Waals surface area contributed by atoms with Crippen molar-refractivity contribution in [2.75, 3.05) is 26.4 Å². The maximum absolute atomic E-state index is 12.7. The molecular formula is C59H110NO8P. The monoisotopic (exact) mass is 992 g/mol. The van der Waals surface area contributed by atoms with Crippen LogP contribution in [0, 0.1) is 0 Å². The Kier molecular flexibility index (Phi) is 53.7. The number of hydrogen-bond donors (Lipinski definition) is 2. The van der Waals surface area contributed by atoms with Crippen LogP contribution < -0.4 is 5.73 Å². The zero-order chi connectivity index (χ0) is 50.2. The van der Waals surface area contributed by atoms with Crippen molar-refractivity contribution in [3.63, 3.8) is 0 Å². The highest BCUT2D eigenvalue weighted by molar-refractivity contribution is 7.47. The second-order valence-electron chi connectivity index (χ2n) is 19.5. The average Bonchev–Trinajstić information content (AvgIpc) is 3.34. The molecule has 0 aliphatic rings. The molecule has 10 heteroatoms. The van der Waals surface area contributed by atoms with Gasteiger partial charge in [0.1, 0.15) is 6.61 Å². The van der Waals surface area contributed by atoms with Gasteiger partial charge in [0.2, 0.25) is 0 Å². The van der Waals surface area contributed by atoms with Gasteiger partial charge in [-0.05, 0) is 51.4 Å². The molecule has 0 aliphatic carbocycles. The third-order valence-electron chi connectivity index (χ3n) is 12.7. The molecule has 69 heavy (non-hydrogen) atoms. The van der Waals surface area contributed by atoms with E-state index < -0.39 is 26.5 Å². The number of allylic oxidation sites excluding steroid dienone is 8. The molecule has 0 aromatic heterocycles. The molecule has 0 saturated carbocycles. The molecular weight excluding hydrogens is 882 g/mol. The number of phosphoric acid groups is 1. The van der Waals surface area contributed by atoms with Crippen LogP contribution in [0.1, 0.15) is 284 Å². The number of ether oxygens (including phenoxy) is 2. The van der Waals surface area contributed by atoms with E-state index in [1.54, 1.807) is 0 Å². The van der Waals surface area contributed by atoms with Crippen molar-refractivity contribution >= 4 is 19.8 Å². The van der Waals surface area contributed by atoms with Crippen molar-refractivity contribution in [1.29, 1.82) is 0 Å². The molecule has 0 rings (SSSR count). The molecule has 3 N–H and O–H groups in total. The van der Waals surface area contributed by atoms with Crippen LogP contribution in [0.5, 0.6) is 0 Å². The summed E-state index contributed by atoms with van der Waals surface area (Å²) in [5.41, 5.74) is 5.37. The Balaban J connectivity index is 3.88. The van der Waals surface area contributed by atoms with E-state index in [4.69, 9.17) is 24.3 Å². The van der Waals surface area contributed by atoms with Gasteiger partial charge in [-0.2, -0.15) is 0 Å². The highest BCUT2D eigenvalue weighted by Gasteiger charge is 2.26. The Morgan fingerprint density at radius 2 is 0.797 bits per heavy atom. The molecule has 0 amide bonds. The van der Waals surface area contributed by atoms with E-state index in [0.29, 0.717) is 6.42 Å². The number of carbonyl (C=O) groups excluding carboxylic acids is 2. The predicted molar refractivity (Wildman–Crippen MR) is 293 cm³/mol. The first-order valence-corrected chi connectivity index (χ1v) is 30.6. The molecule has 0 saturated heterocycles. The summed E-state index contributed by atoms with van der Waals surface area (Å²) in [7, 11) is -4.39. The summed E-state index contributed by atoms with van der Waals surface area (Å²) >= 11 is 0. The van der Waals surface area contributed by atoms with E-state index in [2.05, 4.69) is 62.5 Å². The Morgan fingerprint density at radius 3 is 1.19 bits per heavy atom. The van der Waals surface area contributed by atoms with Gasteiger partial charge in [0, 0.05) is 19.4 Å². The number of esters is 2. The summed E-state index contributed by atoms with van der Waals surface area (Å²) in [5.74, 6) is -0.846. The Bertz CT molecular complexity index is 1270. The van der Waals surface area contributed by atoms with E-state index >= 15 is 0 Å². The molecule has 0 heterocycles. The Hall–Kier alpha value is -2.03. The number of hydrogen-bond acceptors (Lipinski definition) is 8. The summed E-state index contributed by atoms with van der Waals surface area (Å²) in [4.78, 5) is 35.1. The standard InChI is InChI=1S/C59H110NO8P/c1-3-5-7-9-11-13-15-17-19-21-22-23-24-25-26-27-28-29-30-31-32-33-34-36-37-39-41-43-45-47-49-51-58(61)65-55-57(56-67-69(63,64)66-54-53-60)68-59(62)52-50-48-46-44-42-40-38-35-20-18-16-14-12-10-8-6-4-2/h6,8,12,14,18,20,38,40,57H,3-5,7,9-11,13,15-17,19,21-37,39,41-56,60H2,1-2H3,(H,63,64)/b8-6-,14-12-,20-18-,40-38-. The summed E-state index contributed by atoms with van der Waals surface area (Å²) in [6, 6.07) is 0. The highest BCUT2D eigenvalue weighted by atomic mass is 31.2. The van der Waals surface area contributed by atoms with E-state index in [9.17, 15) is 19.0 Å². The molecule has 0 radical (unpaired) electrons. The molecule has 2 unspecified atom stereocenters. The van der Waals surface area contributed by atoms with Crippen LogP contribution in [-0.4, -0.2) is 49.3 Å². The number of nitrogens with two attached hydrogens (primary N) is 1. The van der Waals surface area contributed by atoms with Crippen molar-refractivity contribution < 1.29 is 37.6 Å². The van der Waals surface area contributed by atoms with Crippen molar-refractivity contribution in [2.45, 2.75) is 290 Å². The van der Waals surface area contributed by atoms with E-state index in [1.807, 2.05) is 0 Å². The van der Waals surface area contributed by atoms with E-state index in [-0.39, 0.29) is 38.6 Å². The third-order valence-corrected chi connectivity index (χ3v) is 13.7. The maximum atomic E-state index is 12.7. The smallest absolute Gasteiger partial charge is 0.462 e. The minimum Gasteiger partial charge on any atom is -0.462 e. The largest absolute Gasteiger partial charge is 0.472 e. The fraction of sp³-hybridized carbons (Fsp3) is 0.831. The molecule has 0 aromatic carbocycles. The fourth-order valence-corrected chi connectivity index (χ4v) is 9.22. The van der Waals surface area contributed by atoms with Gasteiger partial charge in [0.05, 0.1) is 13.2 Å². The lowest BCUT2D eigenvalue weighted by Gasteiger charge is -2.19. The Labute approximate surface area is 426 Å². The second kappa shape index (κ2) is 55.3. The molecule has 0 bridgehead atoms. The van der Waals surface area contributed by atoms with Crippen LogP contribution in [0.25, 0.3) is 0 Å². The summed E-state index contributed by atoms with van der Waals surface area (Å²) < 4.78 is 33.0. The summed E-state index contributed by atoms with van der Waals surface area (Å²) in [5, 5.41) is 0.